The lowest BCUT2D eigenvalue weighted by Gasteiger charge is -2.41. The molecule has 0 spiro atoms. The largest absolute Gasteiger partial charge is 0.394 e. The summed E-state index contributed by atoms with van der Waals surface area (Å²) in [5.41, 5.74) is 0. The van der Waals surface area contributed by atoms with Gasteiger partial charge in [-0.3, -0.25) is 4.79 Å². The van der Waals surface area contributed by atoms with Gasteiger partial charge in [0, 0.05) is 12.8 Å². The molecule has 0 bridgehead atoms. The number of amides is 1. The summed E-state index contributed by atoms with van der Waals surface area (Å²) in [7, 11) is 0. The van der Waals surface area contributed by atoms with E-state index in [9.17, 15) is 15.0 Å². The summed E-state index contributed by atoms with van der Waals surface area (Å²) in [5.74, 6) is -0.702. The van der Waals surface area contributed by atoms with E-state index in [1.165, 1.54) is 6.92 Å². The summed E-state index contributed by atoms with van der Waals surface area (Å²) < 4.78 is 5.06. The number of nitrogens with one attached hydrogen (secondary N) is 1. The maximum Gasteiger partial charge on any atom is 0.217 e. The number of hydrogen-bond acceptors (Lipinski definition) is 5. The first kappa shape index (κ1) is 12.4. The van der Waals surface area contributed by atoms with Crippen molar-refractivity contribution >= 4 is 5.91 Å². The van der Waals surface area contributed by atoms with Crippen molar-refractivity contribution in [3.63, 3.8) is 0 Å². The molecule has 1 fully saturated rings. The van der Waals surface area contributed by atoms with Crippen LogP contribution in [0.2, 0.25) is 0 Å². The van der Waals surface area contributed by atoms with Crippen molar-refractivity contribution in [3.05, 3.63) is 0 Å². The highest BCUT2D eigenvalue weighted by atomic mass is 16.6. The number of carbonyl (C=O) groups excluding carboxylic acids is 1. The summed E-state index contributed by atoms with van der Waals surface area (Å²) in [6.07, 6.45) is -2.84. The predicted molar refractivity (Wildman–Crippen MR) is 50.7 cm³/mol. The average Bonchev–Trinajstić information content (AvgIpc) is 2.18. The second-order valence-corrected chi connectivity index (χ2v) is 3.82. The fraction of sp³-hybridized carbons (Fsp3) is 0.889. The van der Waals surface area contributed by atoms with E-state index in [-0.39, 0.29) is 18.4 Å². The number of aliphatic hydroxyl groups excluding tert-OH is 3. The second-order valence-electron chi connectivity index (χ2n) is 3.82. The Kier molecular flexibility index (Phi) is 4.04. The molecule has 88 valence electrons. The van der Waals surface area contributed by atoms with Crippen LogP contribution in [0.15, 0.2) is 0 Å². The minimum Gasteiger partial charge on any atom is -0.394 e. The Hall–Kier alpha value is -0.690. The van der Waals surface area contributed by atoms with Crippen LogP contribution in [-0.2, 0) is 9.53 Å². The molecule has 15 heavy (non-hydrogen) atoms. The van der Waals surface area contributed by atoms with E-state index in [1.807, 2.05) is 0 Å². The number of aliphatic hydroxyl groups is 3. The molecule has 1 rings (SSSR count). The highest BCUT2D eigenvalue weighted by Crippen LogP contribution is 2.24. The van der Waals surface area contributed by atoms with Crippen LogP contribution < -0.4 is 5.32 Å². The van der Waals surface area contributed by atoms with Crippen molar-refractivity contribution < 1.29 is 24.9 Å². The zero-order valence-corrected chi connectivity index (χ0v) is 8.75. The van der Waals surface area contributed by atoms with Crippen LogP contribution >= 0.6 is 0 Å². The van der Waals surface area contributed by atoms with Crippen LogP contribution in [0.1, 0.15) is 13.8 Å². The Balaban J connectivity index is 2.70. The smallest absolute Gasteiger partial charge is 0.217 e. The Morgan fingerprint density at radius 1 is 1.47 bits per heavy atom. The lowest BCUT2D eigenvalue weighted by atomic mass is 9.89. The van der Waals surface area contributed by atoms with Crippen LogP contribution in [0.25, 0.3) is 0 Å². The quantitative estimate of drug-likeness (QED) is 0.439. The molecule has 5 atom stereocenters. The van der Waals surface area contributed by atoms with Crippen molar-refractivity contribution in [3.8, 4) is 0 Å². The number of hydrogen-bond donors (Lipinski definition) is 4. The van der Waals surface area contributed by atoms with Gasteiger partial charge in [0.15, 0.2) is 6.29 Å². The summed E-state index contributed by atoms with van der Waals surface area (Å²) >= 11 is 0. The van der Waals surface area contributed by atoms with Crippen LogP contribution in [0.3, 0.4) is 0 Å². The molecule has 1 aliphatic rings. The Labute approximate surface area is 87.9 Å². The molecule has 3 unspecified atom stereocenters. The fourth-order valence-electron chi connectivity index (χ4n) is 1.70. The van der Waals surface area contributed by atoms with Gasteiger partial charge in [0.2, 0.25) is 5.91 Å². The highest BCUT2D eigenvalue weighted by molar-refractivity contribution is 5.73. The van der Waals surface area contributed by atoms with Crippen LogP contribution in [0.4, 0.5) is 0 Å². The fourth-order valence-corrected chi connectivity index (χ4v) is 1.70. The van der Waals surface area contributed by atoms with E-state index in [0.717, 1.165) is 0 Å². The molecule has 6 heteroatoms. The molecule has 4 N–H and O–H groups in total. The zero-order valence-electron chi connectivity index (χ0n) is 8.75. The second kappa shape index (κ2) is 4.89. The van der Waals surface area contributed by atoms with Gasteiger partial charge >= 0.3 is 0 Å². The Morgan fingerprint density at radius 3 is 2.53 bits per heavy atom. The standard InChI is InChI=1S/C9H17NO5/c1-4-6(3-11)15-9(14)7(8(4)13)10-5(2)12/h4,6-9,11,13-14H,3H2,1-2H3,(H,10,12)/t4-,6?,7?,8-,9?/m1/s1. The summed E-state index contributed by atoms with van der Waals surface area (Å²) in [5, 5.41) is 30.6. The predicted octanol–water partition coefficient (Wildman–Crippen LogP) is -1.80. The molecule has 6 nitrogen and oxygen atoms in total. The molecule has 1 amide bonds. The van der Waals surface area contributed by atoms with Gasteiger partial charge in [0.1, 0.15) is 6.04 Å². The Morgan fingerprint density at radius 2 is 2.07 bits per heavy atom. The average molecular weight is 219 g/mol. The third-order valence-electron chi connectivity index (χ3n) is 2.66. The number of ether oxygens (including phenoxy) is 1. The summed E-state index contributed by atoms with van der Waals surface area (Å²) in [4.78, 5) is 10.8. The number of carbonyl (C=O) groups is 1. The molecule has 1 saturated heterocycles. The maximum atomic E-state index is 10.8. The van der Waals surface area contributed by atoms with Crippen molar-refractivity contribution in [2.75, 3.05) is 6.61 Å². The topological polar surface area (TPSA) is 99.0 Å². The minimum atomic E-state index is -1.29. The van der Waals surface area contributed by atoms with Crippen molar-refractivity contribution in [1.29, 1.82) is 0 Å². The van der Waals surface area contributed by atoms with E-state index in [0.29, 0.717) is 0 Å². The molecule has 1 heterocycles. The molecular weight excluding hydrogens is 202 g/mol. The molecule has 0 aliphatic carbocycles. The normalized spacial score (nSPS) is 41.3. The molecule has 0 aromatic carbocycles. The first-order chi connectivity index (χ1) is 6.97. The number of rotatable bonds is 2. The van der Waals surface area contributed by atoms with Crippen LogP contribution in [-0.4, -0.2) is 52.4 Å². The molecule has 1 aliphatic heterocycles. The van der Waals surface area contributed by atoms with Gasteiger partial charge in [-0.15, -0.1) is 0 Å². The van der Waals surface area contributed by atoms with Gasteiger partial charge in [-0.1, -0.05) is 6.92 Å². The maximum absolute atomic E-state index is 10.8. The van der Waals surface area contributed by atoms with E-state index >= 15 is 0 Å². The van der Waals surface area contributed by atoms with E-state index in [1.54, 1.807) is 6.92 Å². The van der Waals surface area contributed by atoms with Gasteiger partial charge in [0.05, 0.1) is 18.8 Å². The third kappa shape index (κ3) is 2.66. The SMILES string of the molecule is CC(=O)NC1C(O)OC(CO)[C@@H](C)[C@H]1O. The zero-order chi connectivity index (χ0) is 11.6. The lowest BCUT2D eigenvalue weighted by Crippen LogP contribution is -2.60. The Bertz CT molecular complexity index is 235. The van der Waals surface area contributed by atoms with Gasteiger partial charge in [0.25, 0.3) is 0 Å². The molecule has 0 aromatic rings. The summed E-state index contributed by atoms with van der Waals surface area (Å²) in [6, 6.07) is -0.847. The minimum absolute atomic E-state index is 0.276. The highest BCUT2D eigenvalue weighted by Gasteiger charge is 2.42. The van der Waals surface area contributed by atoms with E-state index in [2.05, 4.69) is 5.32 Å². The van der Waals surface area contributed by atoms with Crippen molar-refractivity contribution in [1.82, 2.24) is 5.32 Å². The monoisotopic (exact) mass is 219 g/mol. The van der Waals surface area contributed by atoms with Crippen molar-refractivity contribution in [2.45, 2.75) is 38.4 Å². The van der Waals surface area contributed by atoms with Gasteiger partial charge in [-0.05, 0) is 0 Å². The molecule has 0 aromatic heterocycles. The first-order valence-electron chi connectivity index (χ1n) is 4.87. The van der Waals surface area contributed by atoms with E-state index < -0.39 is 24.5 Å². The van der Waals surface area contributed by atoms with E-state index in [4.69, 9.17) is 9.84 Å². The van der Waals surface area contributed by atoms with Gasteiger partial charge in [-0.25, -0.2) is 0 Å². The van der Waals surface area contributed by atoms with Crippen LogP contribution in [0, 0.1) is 5.92 Å². The van der Waals surface area contributed by atoms with Gasteiger partial charge < -0.3 is 25.4 Å². The first-order valence-corrected chi connectivity index (χ1v) is 4.87. The van der Waals surface area contributed by atoms with Gasteiger partial charge in [-0.2, -0.15) is 0 Å². The molecular formula is C9H17NO5. The molecule has 0 saturated carbocycles. The third-order valence-corrected chi connectivity index (χ3v) is 2.66. The molecule has 0 radical (unpaired) electrons. The lowest BCUT2D eigenvalue weighted by molar-refractivity contribution is -0.235. The summed E-state index contributed by atoms with van der Waals surface area (Å²) in [6.45, 7) is 2.70. The van der Waals surface area contributed by atoms with Crippen LogP contribution in [0.5, 0.6) is 0 Å². The van der Waals surface area contributed by atoms with Crippen molar-refractivity contribution in [2.24, 2.45) is 5.92 Å².